The molecular weight excluding hydrogens is 580 g/mol. The molecule has 0 fully saturated rings. The Labute approximate surface area is 270 Å². The molecule has 0 radical (unpaired) electrons. The van der Waals surface area contributed by atoms with E-state index in [2.05, 4.69) is 108 Å². The van der Waals surface area contributed by atoms with Crippen LogP contribution in [0.15, 0.2) is 134 Å². The number of nitrogens with zero attached hydrogens (tertiary/aromatic N) is 4. The summed E-state index contributed by atoms with van der Waals surface area (Å²) in [6.45, 7) is 4.53. The van der Waals surface area contributed by atoms with Crippen LogP contribution in [-0.4, -0.2) is 18.9 Å². The van der Waals surface area contributed by atoms with Crippen molar-refractivity contribution >= 4 is 49.3 Å². The van der Waals surface area contributed by atoms with Crippen LogP contribution < -0.4 is 9.47 Å². The van der Waals surface area contributed by atoms with Crippen molar-refractivity contribution in [2.45, 2.75) is 19.3 Å². The molecule has 10 rings (SSSR count). The van der Waals surface area contributed by atoms with Crippen molar-refractivity contribution in [2.24, 2.45) is 0 Å². The molecule has 6 heteroatoms. The summed E-state index contributed by atoms with van der Waals surface area (Å²) in [6.07, 6.45) is 5.70. The van der Waals surface area contributed by atoms with Crippen molar-refractivity contribution in [3.63, 3.8) is 0 Å². The lowest BCUT2D eigenvalue weighted by atomic mass is 9.75. The van der Waals surface area contributed by atoms with Crippen LogP contribution in [-0.2, 0) is 5.41 Å². The van der Waals surface area contributed by atoms with Crippen LogP contribution in [0.3, 0.4) is 0 Å². The Morgan fingerprint density at radius 1 is 0.617 bits per heavy atom. The minimum Gasteiger partial charge on any atom is -0.457 e. The minimum absolute atomic E-state index is 0.236. The van der Waals surface area contributed by atoms with Crippen LogP contribution in [0.25, 0.3) is 54.9 Å². The van der Waals surface area contributed by atoms with E-state index in [9.17, 15) is 0 Å². The van der Waals surface area contributed by atoms with E-state index in [0.717, 1.165) is 78.1 Å². The predicted octanol–water partition coefficient (Wildman–Crippen LogP) is 10.4. The van der Waals surface area contributed by atoms with Crippen LogP contribution in [0.2, 0.25) is 0 Å². The molecule has 0 saturated heterocycles. The normalized spacial score (nSPS) is 13.7. The summed E-state index contributed by atoms with van der Waals surface area (Å²) in [5, 5.41) is 5.53. The summed E-state index contributed by atoms with van der Waals surface area (Å²) >= 11 is 0. The van der Waals surface area contributed by atoms with Gasteiger partial charge < -0.3 is 9.47 Å². The Bertz CT molecular complexity index is 2740. The highest BCUT2D eigenvalue weighted by Gasteiger charge is 2.36. The van der Waals surface area contributed by atoms with Crippen molar-refractivity contribution in [2.75, 3.05) is 0 Å². The first-order chi connectivity index (χ1) is 23.1. The van der Waals surface area contributed by atoms with Crippen LogP contribution in [0.5, 0.6) is 23.0 Å². The fraction of sp³-hybridized carbons (Fsp3) is 0.0732. The fourth-order valence-electron chi connectivity index (χ4n) is 7.51. The predicted molar refractivity (Wildman–Crippen MR) is 187 cm³/mol. The average Bonchev–Trinajstić information content (AvgIpc) is 3.73. The second kappa shape index (κ2) is 9.44. The zero-order chi connectivity index (χ0) is 31.3. The lowest BCUT2D eigenvalue weighted by Crippen LogP contribution is -2.24. The topological polar surface area (TPSA) is 53.6 Å². The number of imidazole rings is 1. The summed E-state index contributed by atoms with van der Waals surface area (Å²) in [6, 6.07) is 39.7. The number of rotatable bonds is 3. The second-order valence-electron chi connectivity index (χ2n) is 12.7. The van der Waals surface area contributed by atoms with Gasteiger partial charge in [0.15, 0.2) is 5.75 Å². The molecule has 0 aliphatic carbocycles. The molecule has 0 unspecified atom stereocenters. The van der Waals surface area contributed by atoms with E-state index in [1.807, 2.05) is 48.9 Å². The van der Waals surface area contributed by atoms with Crippen molar-refractivity contribution in [3.05, 3.63) is 145 Å². The van der Waals surface area contributed by atoms with E-state index >= 15 is 0 Å². The van der Waals surface area contributed by atoms with Gasteiger partial charge in [-0.2, -0.15) is 0 Å². The number of hydrogen-bond acceptors (Lipinski definition) is 4. The molecule has 0 saturated carbocycles. The molecule has 5 aromatic carbocycles. The first kappa shape index (κ1) is 26.1. The smallest absolute Gasteiger partial charge is 0.156 e. The minimum atomic E-state index is -0.236. The van der Waals surface area contributed by atoms with Gasteiger partial charge in [0, 0.05) is 62.7 Å². The lowest BCUT2D eigenvalue weighted by molar-refractivity contribution is 0.421. The zero-order valence-electron chi connectivity index (χ0n) is 25.8. The number of fused-ring (bicyclic) bond motifs is 12. The number of para-hydroxylation sites is 2. The zero-order valence-corrected chi connectivity index (χ0v) is 25.8. The molecule has 0 bridgehead atoms. The molecule has 1 aliphatic rings. The van der Waals surface area contributed by atoms with Gasteiger partial charge in [-0.1, -0.05) is 68.4 Å². The maximum atomic E-state index is 6.76. The molecule has 1 aliphatic heterocycles. The number of aromatic nitrogens is 4. The number of hydrogen-bond donors (Lipinski definition) is 0. The average molecular weight is 609 g/mol. The third-order valence-corrected chi connectivity index (χ3v) is 9.73. The number of benzene rings is 5. The molecule has 6 nitrogen and oxygen atoms in total. The summed E-state index contributed by atoms with van der Waals surface area (Å²) < 4.78 is 17.7. The largest absolute Gasteiger partial charge is 0.457 e. The van der Waals surface area contributed by atoms with Gasteiger partial charge in [0.1, 0.15) is 28.5 Å². The van der Waals surface area contributed by atoms with Crippen LogP contribution >= 0.6 is 0 Å². The number of ether oxygens (including phenoxy) is 2. The Morgan fingerprint density at radius 2 is 1.43 bits per heavy atom. The lowest BCUT2D eigenvalue weighted by Gasteiger charge is -2.35. The van der Waals surface area contributed by atoms with E-state index < -0.39 is 0 Å². The van der Waals surface area contributed by atoms with Gasteiger partial charge in [0.2, 0.25) is 0 Å². The second-order valence-corrected chi connectivity index (χ2v) is 12.7. The van der Waals surface area contributed by atoms with Gasteiger partial charge in [0.05, 0.1) is 16.7 Å². The maximum absolute atomic E-state index is 6.76. The summed E-state index contributed by atoms with van der Waals surface area (Å²) in [5.41, 5.74) is 6.93. The van der Waals surface area contributed by atoms with Gasteiger partial charge in [-0.15, -0.1) is 0 Å². The first-order valence-corrected chi connectivity index (χ1v) is 15.8. The quantitative estimate of drug-likeness (QED) is 0.187. The van der Waals surface area contributed by atoms with E-state index in [-0.39, 0.29) is 5.41 Å². The van der Waals surface area contributed by atoms with Crippen molar-refractivity contribution in [3.8, 4) is 28.7 Å². The molecule has 5 heterocycles. The van der Waals surface area contributed by atoms with Crippen molar-refractivity contribution < 1.29 is 9.47 Å². The molecule has 9 aromatic rings. The highest BCUT2D eigenvalue weighted by molar-refractivity contribution is 6.12. The molecule has 4 aromatic heterocycles. The summed E-state index contributed by atoms with van der Waals surface area (Å²) in [4.78, 5) is 9.57. The van der Waals surface area contributed by atoms with Gasteiger partial charge in [-0.05, 0) is 60.0 Å². The molecule has 0 N–H and O–H groups in total. The monoisotopic (exact) mass is 608 g/mol. The van der Waals surface area contributed by atoms with Gasteiger partial charge in [-0.3, -0.25) is 8.97 Å². The molecule has 0 amide bonds. The highest BCUT2D eigenvalue weighted by atomic mass is 16.5. The first-order valence-electron chi connectivity index (χ1n) is 15.8. The Morgan fingerprint density at radius 3 is 2.38 bits per heavy atom. The molecule has 47 heavy (non-hydrogen) atoms. The Hall–Kier alpha value is -6.14. The number of pyridine rings is 2. The van der Waals surface area contributed by atoms with Crippen LogP contribution in [0.1, 0.15) is 25.0 Å². The van der Waals surface area contributed by atoms with Crippen molar-refractivity contribution in [1.29, 1.82) is 0 Å². The summed E-state index contributed by atoms with van der Waals surface area (Å²) in [5.74, 6) is 3.22. The highest BCUT2D eigenvalue weighted by Crippen LogP contribution is 2.52. The van der Waals surface area contributed by atoms with Crippen LogP contribution in [0.4, 0.5) is 0 Å². The van der Waals surface area contributed by atoms with E-state index in [0.29, 0.717) is 0 Å². The van der Waals surface area contributed by atoms with E-state index in [4.69, 9.17) is 19.4 Å². The van der Waals surface area contributed by atoms with Gasteiger partial charge in [-0.25, -0.2) is 9.97 Å². The molecule has 0 atom stereocenters. The van der Waals surface area contributed by atoms with Crippen molar-refractivity contribution in [1.82, 2.24) is 18.9 Å². The Kier molecular flexibility index (Phi) is 5.24. The maximum Gasteiger partial charge on any atom is 0.156 e. The third-order valence-electron chi connectivity index (χ3n) is 9.73. The Balaban J connectivity index is 1.14. The summed E-state index contributed by atoms with van der Waals surface area (Å²) in [7, 11) is 0. The molecule has 0 spiro atoms. The van der Waals surface area contributed by atoms with Gasteiger partial charge >= 0.3 is 0 Å². The SMILES string of the molecule is CC1(C)c2ccccc2Oc2c1ccc1c3cccnc3n(-c3cccc(Oc4ccc5c6ccccc6n6ccnc6c5c4)c3)c21. The third kappa shape index (κ3) is 3.66. The van der Waals surface area contributed by atoms with E-state index in [1.54, 1.807) is 0 Å². The van der Waals surface area contributed by atoms with Crippen LogP contribution in [0, 0.1) is 0 Å². The standard InChI is InChI=1S/C41H28N4O2/c1-41(2)33-13-4-6-15-36(33)47-38-34(41)19-18-30-31-12-8-20-42-40(31)45(37(30)38)25-9-7-10-26(23-25)46-27-16-17-28-29-11-3-5-14-35(29)44-22-21-43-39(44)32(28)24-27/h3-24H,1-2H3. The van der Waals surface area contributed by atoms with Gasteiger partial charge in [0.25, 0.3) is 0 Å². The van der Waals surface area contributed by atoms with E-state index in [1.165, 1.54) is 10.9 Å². The fourth-order valence-corrected chi connectivity index (χ4v) is 7.51. The molecule has 224 valence electrons. The molecular formula is C41H28N4O2.